The van der Waals surface area contributed by atoms with E-state index >= 15 is 0 Å². The van der Waals surface area contributed by atoms with Gasteiger partial charge in [-0.25, -0.2) is 4.98 Å². The number of hydrogen-bond donors (Lipinski definition) is 2. The number of hydrogen-bond acceptors (Lipinski definition) is 5. The molecule has 1 aliphatic rings. The third kappa shape index (κ3) is 7.05. The maximum atomic E-state index is 5.72. The van der Waals surface area contributed by atoms with Gasteiger partial charge in [0.25, 0.3) is 0 Å². The predicted molar refractivity (Wildman–Crippen MR) is 139 cm³/mol. The van der Waals surface area contributed by atoms with Crippen molar-refractivity contribution in [3.63, 3.8) is 0 Å². The molecular weight excluding hydrogens is 523 g/mol. The van der Waals surface area contributed by atoms with Crippen LogP contribution in [0.2, 0.25) is 0 Å². The van der Waals surface area contributed by atoms with Crippen LogP contribution >= 0.6 is 35.3 Å². The average Bonchev–Trinajstić information content (AvgIpc) is 3.17. The smallest absolute Gasteiger partial charge is 0.191 e. The summed E-state index contributed by atoms with van der Waals surface area (Å²) in [5, 5.41) is 10.1. The molecule has 0 radical (unpaired) electrons. The van der Waals surface area contributed by atoms with E-state index in [9.17, 15) is 0 Å². The Morgan fingerprint density at radius 2 is 2.03 bits per heavy atom. The Morgan fingerprint density at radius 1 is 1.26 bits per heavy atom. The van der Waals surface area contributed by atoms with Gasteiger partial charge < -0.3 is 20.1 Å². The molecule has 0 atom stereocenters. The molecule has 2 heterocycles. The molecule has 0 unspecified atom stereocenters. The summed E-state index contributed by atoms with van der Waals surface area (Å²) in [5.74, 6) is 1.79. The summed E-state index contributed by atoms with van der Waals surface area (Å²) < 4.78 is 11.4. The second-order valence-corrected chi connectivity index (χ2v) is 8.89. The molecule has 0 amide bonds. The number of halogens is 1. The largest absolute Gasteiger partial charge is 0.496 e. The van der Waals surface area contributed by atoms with Crippen LogP contribution in [0.3, 0.4) is 0 Å². The van der Waals surface area contributed by atoms with Crippen molar-refractivity contribution in [2.24, 2.45) is 4.99 Å². The number of aliphatic imine (C=N–C) groups is 1. The molecule has 0 saturated carbocycles. The summed E-state index contributed by atoms with van der Waals surface area (Å²) in [6, 6.07) is 6.43. The molecule has 31 heavy (non-hydrogen) atoms. The van der Waals surface area contributed by atoms with Crippen LogP contribution in [0.5, 0.6) is 5.75 Å². The molecular formula is C23H35IN4O2S. The number of guanidine groups is 1. The molecule has 0 bridgehead atoms. The van der Waals surface area contributed by atoms with Gasteiger partial charge in [0, 0.05) is 49.1 Å². The van der Waals surface area contributed by atoms with Crippen LogP contribution < -0.4 is 15.4 Å². The Morgan fingerprint density at radius 3 is 2.68 bits per heavy atom. The Labute approximate surface area is 207 Å². The van der Waals surface area contributed by atoms with Gasteiger partial charge in [-0.2, -0.15) is 0 Å². The average molecular weight is 559 g/mol. The number of ether oxygens (including phenoxy) is 2. The highest BCUT2D eigenvalue weighted by atomic mass is 127. The highest BCUT2D eigenvalue weighted by molar-refractivity contribution is 14.0. The Balaban J connectivity index is 0.00000341. The Hall–Kier alpha value is -1.39. The first-order chi connectivity index (χ1) is 14.6. The third-order valence-corrected chi connectivity index (χ3v) is 6.42. The van der Waals surface area contributed by atoms with E-state index < -0.39 is 0 Å². The highest BCUT2D eigenvalue weighted by Crippen LogP contribution is 2.40. The van der Waals surface area contributed by atoms with Crippen molar-refractivity contribution >= 4 is 41.3 Å². The van der Waals surface area contributed by atoms with Gasteiger partial charge in [-0.15, -0.1) is 35.3 Å². The maximum Gasteiger partial charge on any atom is 0.191 e. The Bertz CT molecular complexity index is 850. The molecule has 6 nitrogen and oxygen atoms in total. The first-order valence-electron chi connectivity index (χ1n) is 10.7. The number of rotatable bonds is 8. The van der Waals surface area contributed by atoms with Crippen LogP contribution in [0.4, 0.5) is 0 Å². The van der Waals surface area contributed by atoms with Gasteiger partial charge in [0.2, 0.25) is 0 Å². The van der Waals surface area contributed by atoms with Gasteiger partial charge in [0.1, 0.15) is 5.75 Å². The van der Waals surface area contributed by atoms with Crippen LogP contribution in [-0.2, 0) is 16.6 Å². The van der Waals surface area contributed by atoms with Crippen molar-refractivity contribution in [1.82, 2.24) is 15.6 Å². The molecule has 1 aromatic carbocycles. The van der Waals surface area contributed by atoms with E-state index in [1.165, 1.54) is 11.1 Å². The third-order valence-electron chi connectivity index (χ3n) is 5.60. The zero-order chi connectivity index (χ0) is 21.4. The molecule has 172 valence electrons. The predicted octanol–water partition coefficient (Wildman–Crippen LogP) is 4.23. The van der Waals surface area contributed by atoms with Crippen LogP contribution in [0.25, 0.3) is 0 Å². The monoisotopic (exact) mass is 558 g/mol. The summed E-state index contributed by atoms with van der Waals surface area (Å²) in [5.41, 5.74) is 3.53. The number of aryl methyl sites for hydroxylation is 2. The molecule has 2 aromatic rings. The van der Waals surface area contributed by atoms with Crippen LogP contribution in [0, 0.1) is 13.8 Å². The van der Waals surface area contributed by atoms with Crippen molar-refractivity contribution in [3.05, 3.63) is 45.4 Å². The van der Waals surface area contributed by atoms with Crippen LogP contribution in [0.15, 0.2) is 28.6 Å². The van der Waals surface area contributed by atoms with Crippen molar-refractivity contribution in [2.45, 2.75) is 45.4 Å². The second-order valence-electron chi connectivity index (χ2n) is 7.83. The zero-order valence-electron chi connectivity index (χ0n) is 19.0. The van der Waals surface area contributed by atoms with Crippen molar-refractivity contribution in [1.29, 1.82) is 0 Å². The summed E-state index contributed by atoms with van der Waals surface area (Å²) in [4.78, 5) is 9.53. The number of benzene rings is 1. The fraction of sp³-hybridized carbons (Fsp3) is 0.565. The molecule has 8 heteroatoms. The first kappa shape index (κ1) is 25.9. The summed E-state index contributed by atoms with van der Waals surface area (Å²) >= 11 is 1.70. The Kier molecular flexibility index (Phi) is 10.5. The van der Waals surface area contributed by atoms with E-state index in [0.29, 0.717) is 6.54 Å². The number of thiazole rings is 1. The molecule has 0 spiro atoms. The minimum atomic E-state index is -0.0794. The maximum absolute atomic E-state index is 5.72. The van der Waals surface area contributed by atoms with E-state index in [4.69, 9.17) is 14.5 Å². The van der Waals surface area contributed by atoms with Crippen molar-refractivity contribution in [3.8, 4) is 5.75 Å². The number of aromatic nitrogens is 1. The normalized spacial score (nSPS) is 15.8. The molecule has 1 aromatic heterocycles. The van der Waals surface area contributed by atoms with Gasteiger partial charge in [0.15, 0.2) is 5.96 Å². The van der Waals surface area contributed by atoms with E-state index in [2.05, 4.69) is 53.0 Å². The van der Waals surface area contributed by atoms with E-state index in [-0.39, 0.29) is 29.4 Å². The molecule has 2 N–H and O–H groups in total. The minimum absolute atomic E-state index is 0. The summed E-state index contributed by atoms with van der Waals surface area (Å²) in [7, 11) is 1.75. The van der Waals surface area contributed by atoms with Gasteiger partial charge in [-0.05, 0) is 39.7 Å². The van der Waals surface area contributed by atoms with E-state index in [0.717, 1.165) is 68.0 Å². The fourth-order valence-corrected chi connectivity index (χ4v) is 4.56. The summed E-state index contributed by atoms with van der Waals surface area (Å²) in [6.45, 7) is 10.1. The molecule has 1 aliphatic heterocycles. The van der Waals surface area contributed by atoms with Gasteiger partial charge in [-0.1, -0.05) is 17.7 Å². The summed E-state index contributed by atoms with van der Waals surface area (Å²) in [6.07, 6.45) is 2.76. The van der Waals surface area contributed by atoms with Crippen LogP contribution in [0.1, 0.15) is 41.6 Å². The molecule has 3 rings (SSSR count). The van der Waals surface area contributed by atoms with Gasteiger partial charge >= 0.3 is 0 Å². The van der Waals surface area contributed by atoms with E-state index in [1.54, 1.807) is 18.4 Å². The quantitative estimate of drug-likeness (QED) is 0.289. The lowest BCUT2D eigenvalue weighted by Crippen LogP contribution is -2.42. The first-order valence-corrected chi connectivity index (χ1v) is 11.6. The number of nitrogens with one attached hydrogen (secondary N) is 2. The minimum Gasteiger partial charge on any atom is -0.496 e. The zero-order valence-corrected chi connectivity index (χ0v) is 22.1. The molecule has 0 aliphatic carbocycles. The van der Waals surface area contributed by atoms with Crippen LogP contribution in [-0.4, -0.2) is 50.9 Å². The molecule has 1 fully saturated rings. The number of nitrogens with zero attached hydrogens (tertiary/aromatic N) is 2. The number of methoxy groups -OCH3 is 1. The van der Waals surface area contributed by atoms with Crippen molar-refractivity contribution in [2.75, 3.05) is 40.0 Å². The van der Waals surface area contributed by atoms with E-state index in [1.807, 2.05) is 6.92 Å². The lowest BCUT2D eigenvalue weighted by Gasteiger charge is -2.37. The highest BCUT2D eigenvalue weighted by Gasteiger charge is 2.37. The topological polar surface area (TPSA) is 67.8 Å². The standard InChI is InChI=1S/C23H34N4O2S.HI/c1-5-24-22(25-11-8-19-15-30-18(3)27-19)26-16-23(9-12-29-13-10-23)20-14-17(2)6-7-21(20)28-4;/h6-7,14-15H,5,8-13,16H2,1-4H3,(H2,24,25,26);1H. The van der Waals surface area contributed by atoms with Gasteiger partial charge in [0.05, 0.1) is 24.4 Å². The molecule has 1 saturated heterocycles. The second kappa shape index (κ2) is 12.6. The van der Waals surface area contributed by atoms with Gasteiger partial charge in [-0.3, -0.25) is 4.99 Å². The fourth-order valence-electron chi connectivity index (χ4n) is 3.92. The van der Waals surface area contributed by atoms with Crippen molar-refractivity contribution < 1.29 is 9.47 Å². The lowest BCUT2D eigenvalue weighted by molar-refractivity contribution is 0.0522. The lowest BCUT2D eigenvalue weighted by atomic mass is 9.73. The SMILES string of the molecule is CCNC(=NCC1(c2cc(C)ccc2OC)CCOCC1)NCCc1csc(C)n1.I.